The average Bonchev–Trinajstić information content (AvgIpc) is 2.52. The lowest BCUT2D eigenvalue weighted by Gasteiger charge is -2.14. The number of hydrogen-bond donors (Lipinski definition) is 1. The molecule has 1 aliphatic heterocycles. The Hall–Kier alpha value is -0.510. The Morgan fingerprint density at radius 2 is 2.15 bits per heavy atom. The number of rotatable bonds is 2. The number of hydrogen-bond acceptors (Lipinski definition) is 4. The summed E-state index contributed by atoms with van der Waals surface area (Å²) in [6, 6.07) is 0. The first-order chi connectivity index (χ1) is 6.10. The second-order valence-electron chi connectivity index (χ2n) is 2.57. The molecule has 0 radical (unpaired) electrons. The van der Waals surface area contributed by atoms with Crippen LogP contribution in [0.3, 0.4) is 0 Å². The summed E-state index contributed by atoms with van der Waals surface area (Å²) in [5, 5.41) is 0. The van der Waals surface area contributed by atoms with Gasteiger partial charge in [-0.15, -0.1) is 0 Å². The van der Waals surface area contributed by atoms with E-state index in [1.54, 1.807) is 0 Å². The highest BCUT2D eigenvalue weighted by Gasteiger charge is 2.03. The Kier molecular flexibility index (Phi) is 6.68. The van der Waals surface area contributed by atoms with Gasteiger partial charge in [-0.3, -0.25) is 4.57 Å². The Morgan fingerprint density at radius 3 is 2.31 bits per heavy atom. The smallest absolute Gasteiger partial charge is 0.316 e. The monoisotopic (exact) mass is 208 g/mol. The number of nitrogens with zero attached hydrogens (tertiary/aromatic N) is 2. The normalized spacial score (nSPS) is 16.9. The first kappa shape index (κ1) is 12.5. The van der Waals surface area contributed by atoms with Crippen LogP contribution >= 0.6 is 8.25 Å². The van der Waals surface area contributed by atoms with Crippen molar-refractivity contribution in [3.8, 4) is 0 Å². The minimum atomic E-state index is -2.62. The fraction of sp³-hybridized carbons (Fsp3) is 0.714. The van der Waals surface area contributed by atoms with E-state index in [2.05, 4.69) is 40.7 Å². The van der Waals surface area contributed by atoms with Gasteiger partial charge in [-0.05, 0) is 6.92 Å². The van der Waals surface area contributed by atoms with Gasteiger partial charge in [0.05, 0.1) is 6.67 Å². The Bertz CT molecular complexity index is 187. The fourth-order valence-electron chi connectivity index (χ4n) is 0.794. The molecule has 0 aliphatic carbocycles. The maximum Gasteiger partial charge on any atom is 0.316 e. The van der Waals surface area contributed by atoms with E-state index in [1.807, 2.05) is 0 Å². The molecule has 13 heavy (non-hydrogen) atoms. The minimum Gasteiger partial charge on any atom is -0.362 e. The molecule has 0 amide bonds. The van der Waals surface area contributed by atoms with Crippen LogP contribution in [0.1, 0.15) is 6.92 Å². The zero-order valence-electron chi connectivity index (χ0n) is 8.23. The molecule has 1 aliphatic rings. The van der Waals surface area contributed by atoms with Crippen molar-refractivity contribution in [2.24, 2.45) is 0 Å². The molecule has 1 N–H and O–H groups in total. The van der Waals surface area contributed by atoms with Crippen molar-refractivity contribution in [2.75, 3.05) is 27.4 Å². The van der Waals surface area contributed by atoms with Crippen molar-refractivity contribution < 1.29 is 14.0 Å². The SMILES string of the molecule is CCN1C=CN(C)C1.CO[PH](=O)O. The lowest BCUT2D eigenvalue weighted by molar-refractivity contribution is 0.308. The molecule has 0 saturated carbocycles. The van der Waals surface area contributed by atoms with E-state index in [0.717, 1.165) is 13.2 Å². The molecule has 1 unspecified atom stereocenters. The van der Waals surface area contributed by atoms with Crippen LogP contribution in [0.4, 0.5) is 0 Å². The third-order valence-electron chi connectivity index (χ3n) is 1.52. The second kappa shape index (κ2) is 6.95. The van der Waals surface area contributed by atoms with Crippen LogP contribution in [0.25, 0.3) is 0 Å². The third kappa shape index (κ3) is 6.63. The highest BCUT2D eigenvalue weighted by atomic mass is 31.1. The maximum absolute atomic E-state index is 9.33. The summed E-state index contributed by atoms with van der Waals surface area (Å²) in [6.45, 7) is 4.32. The summed E-state index contributed by atoms with van der Waals surface area (Å²) in [4.78, 5) is 12.1. The molecule has 5 nitrogen and oxygen atoms in total. The molecule has 6 heteroatoms. The molecule has 0 spiro atoms. The maximum atomic E-state index is 9.33. The highest BCUT2D eigenvalue weighted by molar-refractivity contribution is 7.32. The van der Waals surface area contributed by atoms with E-state index < -0.39 is 8.25 Å². The van der Waals surface area contributed by atoms with Crippen LogP contribution in [0.5, 0.6) is 0 Å². The van der Waals surface area contributed by atoms with Crippen LogP contribution in [0.15, 0.2) is 12.4 Å². The van der Waals surface area contributed by atoms with Crippen LogP contribution in [-0.4, -0.2) is 42.1 Å². The van der Waals surface area contributed by atoms with Crippen LogP contribution in [0.2, 0.25) is 0 Å². The first-order valence-electron chi connectivity index (χ1n) is 3.99. The molecular weight excluding hydrogens is 191 g/mol. The van der Waals surface area contributed by atoms with Crippen molar-refractivity contribution in [2.45, 2.75) is 6.92 Å². The molecular formula is C7H17N2O3P. The van der Waals surface area contributed by atoms with Crippen molar-refractivity contribution >= 4 is 8.25 Å². The Balaban J connectivity index is 0.000000252. The largest absolute Gasteiger partial charge is 0.362 e. The fourth-order valence-corrected chi connectivity index (χ4v) is 0.794. The van der Waals surface area contributed by atoms with Gasteiger partial charge < -0.3 is 19.2 Å². The molecule has 0 aromatic rings. The van der Waals surface area contributed by atoms with Gasteiger partial charge in [-0.2, -0.15) is 0 Å². The summed E-state index contributed by atoms with van der Waals surface area (Å²) in [5.74, 6) is 0. The van der Waals surface area contributed by atoms with Gasteiger partial charge in [0.15, 0.2) is 0 Å². The molecule has 0 saturated heterocycles. The topological polar surface area (TPSA) is 53.0 Å². The predicted octanol–water partition coefficient (Wildman–Crippen LogP) is 0.697. The van der Waals surface area contributed by atoms with Gasteiger partial charge in [0.1, 0.15) is 0 Å². The van der Waals surface area contributed by atoms with Crippen LogP contribution in [0, 0.1) is 0 Å². The van der Waals surface area contributed by atoms with Gasteiger partial charge in [-0.25, -0.2) is 0 Å². The lowest BCUT2D eigenvalue weighted by Crippen LogP contribution is -2.21. The van der Waals surface area contributed by atoms with E-state index in [0.29, 0.717) is 0 Å². The average molecular weight is 208 g/mol. The van der Waals surface area contributed by atoms with Crippen LogP contribution in [-0.2, 0) is 9.09 Å². The summed E-state index contributed by atoms with van der Waals surface area (Å²) in [7, 11) is 0.633. The first-order valence-corrected chi connectivity index (χ1v) is 5.26. The molecule has 0 fully saturated rings. The van der Waals surface area contributed by atoms with E-state index in [1.165, 1.54) is 7.11 Å². The zero-order valence-corrected chi connectivity index (χ0v) is 9.23. The van der Waals surface area contributed by atoms with Gasteiger partial charge >= 0.3 is 8.25 Å². The summed E-state index contributed by atoms with van der Waals surface area (Å²) >= 11 is 0. The molecule has 0 aromatic heterocycles. The summed E-state index contributed by atoms with van der Waals surface area (Å²) in [5.41, 5.74) is 0. The minimum absolute atomic E-state index is 1.05. The van der Waals surface area contributed by atoms with Crippen molar-refractivity contribution in [3.63, 3.8) is 0 Å². The highest BCUT2D eigenvalue weighted by Crippen LogP contribution is 2.09. The molecule has 1 atom stereocenters. The van der Waals surface area contributed by atoms with Gasteiger partial charge in [0.25, 0.3) is 0 Å². The summed E-state index contributed by atoms with van der Waals surface area (Å²) in [6.07, 6.45) is 4.20. The van der Waals surface area contributed by atoms with Crippen molar-refractivity contribution in [1.29, 1.82) is 0 Å². The molecule has 0 bridgehead atoms. The van der Waals surface area contributed by atoms with E-state index >= 15 is 0 Å². The zero-order chi connectivity index (χ0) is 10.3. The van der Waals surface area contributed by atoms with Crippen molar-refractivity contribution in [1.82, 2.24) is 9.80 Å². The van der Waals surface area contributed by atoms with Crippen LogP contribution < -0.4 is 0 Å². The standard InChI is InChI=1S/C6H12N2.CH5O3P/c1-3-8-5-4-7(2)6-8;1-4-5(2)3/h4-5H,3,6H2,1-2H3;5H,1H3,(H,2,3). The third-order valence-corrected chi connectivity index (χ3v) is 1.87. The quantitative estimate of drug-likeness (QED) is 0.677. The van der Waals surface area contributed by atoms with Gasteiger partial charge in [0, 0.05) is 33.1 Å². The van der Waals surface area contributed by atoms with E-state index in [4.69, 9.17) is 4.89 Å². The second-order valence-corrected chi connectivity index (χ2v) is 3.51. The Morgan fingerprint density at radius 1 is 1.62 bits per heavy atom. The van der Waals surface area contributed by atoms with E-state index in [-0.39, 0.29) is 0 Å². The Labute approximate surface area is 79.5 Å². The summed E-state index contributed by atoms with van der Waals surface area (Å²) < 4.78 is 13.2. The van der Waals surface area contributed by atoms with Gasteiger partial charge in [-0.1, -0.05) is 0 Å². The molecule has 1 rings (SSSR count). The van der Waals surface area contributed by atoms with Gasteiger partial charge in [0.2, 0.25) is 0 Å². The molecule has 1 heterocycles. The lowest BCUT2D eigenvalue weighted by atomic mass is 10.6. The van der Waals surface area contributed by atoms with Crippen molar-refractivity contribution in [3.05, 3.63) is 12.4 Å². The molecule has 0 aromatic carbocycles. The van der Waals surface area contributed by atoms with E-state index in [9.17, 15) is 4.57 Å². The molecule has 78 valence electrons. The predicted molar refractivity (Wildman–Crippen MR) is 52.4 cm³/mol.